The third-order valence-electron chi connectivity index (χ3n) is 5.42. The molecule has 8 heteroatoms. The fraction of sp³-hybridized carbons (Fsp3) is 0.619. The van der Waals surface area contributed by atoms with E-state index in [0.29, 0.717) is 24.9 Å². The zero-order chi connectivity index (χ0) is 19.8. The van der Waals surface area contributed by atoms with E-state index in [0.717, 1.165) is 24.6 Å². The maximum atomic E-state index is 11.6. The van der Waals surface area contributed by atoms with Crippen molar-refractivity contribution in [1.29, 1.82) is 0 Å². The number of likely N-dealkylation sites (N-methyl/N-ethyl adjacent to an activating group) is 1. The SMILES string of the molecule is CCNC(=O)COc1cccc(CNC(=NC)N2CCC(N3CCCC3)C2)c1.I. The molecule has 162 valence electrons. The lowest BCUT2D eigenvalue weighted by molar-refractivity contribution is -0.122. The second kappa shape index (κ2) is 12.2. The number of likely N-dealkylation sites (tertiary alicyclic amines) is 2. The van der Waals surface area contributed by atoms with Crippen LogP contribution in [0.1, 0.15) is 31.7 Å². The molecule has 1 aromatic rings. The number of hydrogen-bond donors (Lipinski definition) is 2. The Morgan fingerprint density at radius 2 is 2.03 bits per heavy atom. The molecule has 2 fully saturated rings. The number of guanidine groups is 1. The van der Waals surface area contributed by atoms with Gasteiger partial charge in [-0.2, -0.15) is 0 Å². The van der Waals surface area contributed by atoms with Crippen LogP contribution in [0.5, 0.6) is 5.75 Å². The van der Waals surface area contributed by atoms with E-state index in [-0.39, 0.29) is 36.5 Å². The molecule has 2 aliphatic rings. The highest BCUT2D eigenvalue weighted by molar-refractivity contribution is 14.0. The monoisotopic (exact) mass is 515 g/mol. The maximum Gasteiger partial charge on any atom is 0.257 e. The van der Waals surface area contributed by atoms with Crippen LogP contribution in [-0.2, 0) is 11.3 Å². The number of amides is 1. The van der Waals surface area contributed by atoms with Crippen LogP contribution >= 0.6 is 24.0 Å². The molecule has 2 aliphatic heterocycles. The summed E-state index contributed by atoms with van der Waals surface area (Å²) in [5.74, 6) is 1.55. The molecule has 29 heavy (non-hydrogen) atoms. The molecule has 1 atom stereocenters. The van der Waals surface area contributed by atoms with Crippen molar-refractivity contribution in [2.75, 3.05) is 46.4 Å². The van der Waals surface area contributed by atoms with Crippen LogP contribution in [0.3, 0.4) is 0 Å². The Labute approximate surface area is 191 Å². The minimum absolute atomic E-state index is 0. The van der Waals surface area contributed by atoms with Gasteiger partial charge in [0.05, 0.1) is 0 Å². The molecule has 2 N–H and O–H groups in total. The van der Waals surface area contributed by atoms with Gasteiger partial charge in [-0.3, -0.25) is 14.7 Å². The average molecular weight is 515 g/mol. The zero-order valence-electron chi connectivity index (χ0n) is 17.5. The molecule has 0 aliphatic carbocycles. The van der Waals surface area contributed by atoms with Crippen molar-refractivity contribution in [1.82, 2.24) is 20.4 Å². The van der Waals surface area contributed by atoms with Crippen LogP contribution in [0.2, 0.25) is 0 Å². The molecule has 0 saturated carbocycles. The fourth-order valence-electron chi connectivity index (χ4n) is 3.99. The lowest BCUT2D eigenvalue weighted by Crippen LogP contribution is -2.42. The summed E-state index contributed by atoms with van der Waals surface area (Å²) < 4.78 is 5.58. The van der Waals surface area contributed by atoms with Crippen LogP contribution in [-0.4, -0.2) is 74.1 Å². The van der Waals surface area contributed by atoms with Gasteiger partial charge >= 0.3 is 0 Å². The lowest BCUT2D eigenvalue weighted by atomic mass is 10.2. The summed E-state index contributed by atoms with van der Waals surface area (Å²) >= 11 is 0. The molecule has 0 spiro atoms. The molecule has 7 nitrogen and oxygen atoms in total. The number of halogens is 1. The second-order valence-electron chi connectivity index (χ2n) is 7.42. The molecule has 2 saturated heterocycles. The predicted molar refractivity (Wildman–Crippen MR) is 127 cm³/mol. The minimum Gasteiger partial charge on any atom is -0.484 e. The number of aliphatic imine (C=N–C) groups is 1. The number of hydrogen-bond acceptors (Lipinski definition) is 4. The number of nitrogens with one attached hydrogen (secondary N) is 2. The quantitative estimate of drug-likeness (QED) is 0.331. The number of rotatable bonds is 7. The highest BCUT2D eigenvalue weighted by atomic mass is 127. The van der Waals surface area contributed by atoms with E-state index in [4.69, 9.17) is 4.74 Å². The maximum absolute atomic E-state index is 11.6. The highest BCUT2D eigenvalue weighted by Crippen LogP contribution is 2.20. The number of carbonyl (C=O) groups excluding carboxylic acids is 1. The normalized spacial score (nSPS) is 19.7. The first-order valence-electron chi connectivity index (χ1n) is 10.4. The van der Waals surface area contributed by atoms with Crippen molar-refractivity contribution in [2.45, 2.75) is 38.8 Å². The predicted octanol–water partition coefficient (Wildman–Crippen LogP) is 2.07. The van der Waals surface area contributed by atoms with E-state index in [1.54, 1.807) is 0 Å². The van der Waals surface area contributed by atoms with Gasteiger partial charge in [-0.05, 0) is 57.0 Å². The van der Waals surface area contributed by atoms with Gasteiger partial charge in [0.1, 0.15) is 5.75 Å². The third kappa shape index (κ3) is 7.02. The summed E-state index contributed by atoms with van der Waals surface area (Å²) in [7, 11) is 1.84. The molecule has 1 aromatic carbocycles. The smallest absolute Gasteiger partial charge is 0.257 e. The molecule has 0 bridgehead atoms. The molecule has 0 aromatic heterocycles. The summed E-state index contributed by atoms with van der Waals surface area (Å²) in [6, 6.07) is 8.50. The van der Waals surface area contributed by atoms with Crippen LogP contribution in [0.15, 0.2) is 29.3 Å². The average Bonchev–Trinajstić information content (AvgIpc) is 3.39. The molecular weight excluding hydrogens is 481 g/mol. The van der Waals surface area contributed by atoms with Crippen molar-refractivity contribution in [3.63, 3.8) is 0 Å². The van der Waals surface area contributed by atoms with E-state index in [1.165, 1.54) is 32.4 Å². The first-order chi connectivity index (χ1) is 13.7. The van der Waals surface area contributed by atoms with Crippen LogP contribution in [0.25, 0.3) is 0 Å². The van der Waals surface area contributed by atoms with Crippen molar-refractivity contribution < 1.29 is 9.53 Å². The first-order valence-corrected chi connectivity index (χ1v) is 10.4. The fourth-order valence-corrected chi connectivity index (χ4v) is 3.99. The zero-order valence-corrected chi connectivity index (χ0v) is 19.9. The molecule has 1 unspecified atom stereocenters. The number of ether oxygens (including phenoxy) is 1. The summed E-state index contributed by atoms with van der Waals surface area (Å²) in [4.78, 5) is 21.0. The van der Waals surface area contributed by atoms with Crippen LogP contribution in [0, 0.1) is 0 Å². The van der Waals surface area contributed by atoms with Crippen LogP contribution in [0.4, 0.5) is 0 Å². The van der Waals surface area contributed by atoms with Gasteiger partial charge in [-0.15, -0.1) is 24.0 Å². The molecule has 0 radical (unpaired) electrons. The van der Waals surface area contributed by atoms with Crippen molar-refractivity contribution in [3.05, 3.63) is 29.8 Å². The van der Waals surface area contributed by atoms with Crippen molar-refractivity contribution in [2.24, 2.45) is 4.99 Å². The molecular formula is C21H34IN5O2. The van der Waals surface area contributed by atoms with Gasteiger partial charge in [0.25, 0.3) is 5.91 Å². The summed E-state index contributed by atoms with van der Waals surface area (Å²) in [5.41, 5.74) is 1.10. The number of benzene rings is 1. The van der Waals surface area contributed by atoms with E-state index in [1.807, 2.05) is 32.2 Å². The van der Waals surface area contributed by atoms with Crippen molar-refractivity contribution >= 4 is 35.8 Å². The second-order valence-corrected chi connectivity index (χ2v) is 7.42. The van der Waals surface area contributed by atoms with Gasteiger partial charge < -0.3 is 20.3 Å². The van der Waals surface area contributed by atoms with E-state index in [9.17, 15) is 4.79 Å². The number of nitrogens with zero attached hydrogens (tertiary/aromatic N) is 3. The lowest BCUT2D eigenvalue weighted by Gasteiger charge is -2.25. The largest absolute Gasteiger partial charge is 0.484 e. The topological polar surface area (TPSA) is 69.2 Å². The van der Waals surface area contributed by atoms with Crippen molar-refractivity contribution in [3.8, 4) is 5.75 Å². The Morgan fingerprint density at radius 3 is 2.76 bits per heavy atom. The molecule has 3 rings (SSSR count). The Kier molecular flexibility index (Phi) is 9.99. The minimum atomic E-state index is -0.104. The molecule has 1 amide bonds. The summed E-state index contributed by atoms with van der Waals surface area (Å²) in [6.07, 6.45) is 3.88. The van der Waals surface area contributed by atoms with Crippen LogP contribution < -0.4 is 15.4 Å². The Bertz CT molecular complexity index is 679. The Hall–Kier alpha value is -1.55. The third-order valence-corrected chi connectivity index (χ3v) is 5.42. The highest BCUT2D eigenvalue weighted by Gasteiger charge is 2.30. The van der Waals surface area contributed by atoms with Gasteiger partial charge in [-0.25, -0.2) is 0 Å². The molecule has 2 heterocycles. The summed E-state index contributed by atoms with van der Waals surface area (Å²) in [6.45, 7) is 7.81. The van der Waals surface area contributed by atoms with Gasteiger partial charge in [-0.1, -0.05) is 12.1 Å². The van der Waals surface area contributed by atoms with Gasteiger partial charge in [0, 0.05) is 39.3 Å². The van der Waals surface area contributed by atoms with Gasteiger partial charge in [0.2, 0.25) is 0 Å². The Morgan fingerprint density at radius 1 is 1.24 bits per heavy atom. The first kappa shape index (κ1) is 23.7. The van der Waals surface area contributed by atoms with E-state index < -0.39 is 0 Å². The number of carbonyl (C=O) groups is 1. The standard InChI is InChI=1S/C21H33N5O2.HI/c1-3-23-20(27)16-28-19-8-6-7-17(13-19)14-24-21(22-2)26-12-9-18(15-26)25-10-4-5-11-25;/h6-8,13,18H,3-5,9-12,14-16H2,1-2H3,(H,22,24)(H,23,27);1H. The van der Waals surface area contributed by atoms with E-state index >= 15 is 0 Å². The van der Waals surface area contributed by atoms with E-state index in [2.05, 4.69) is 31.5 Å². The summed E-state index contributed by atoms with van der Waals surface area (Å²) in [5, 5.41) is 6.21. The van der Waals surface area contributed by atoms with Gasteiger partial charge in [0.15, 0.2) is 12.6 Å². The Balaban J connectivity index is 0.00000300.